The van der Waals surface area contributed by atoms with Gasteiger partial charge in [0.05, 0.1) is 0 Å². The Morgan fingerprint density at radius 1 is 0.400 bits per heavy atom. The van der Waals surface area contributed by atoms with Crippen LogP contribution < -0.4 is 0 Å². The molecule has 0 saturated heterocycles. The Bertz CT molecular complexity index is 33.2. The van der Waals surface area contributed by atoms with Crippen molar-refractivity contribution in [3.8, 4) is 0 Å². The van der Waals surface area contributed by atoms with Crippen LogP contribution in [0.25, 0.3) is 0 Å². The first-order chi connectivity index (χ1) is 4.00. The van der Waals surface area contributed by atoms with Crippen LogP contribution in [0, 0.1) is 0 Å². The second-order valence-electron chi connectivity index (χ2n) is 2.83. The van der Waals surface area contributed by atoms with Gasteiger partial charge in [-0.1, -0.05) is 51.4 Å². The van der Waals surface area contributed by atoms with Crippen LogP contribution in [0.4, 0.5) is 0 Å². The van der Waals surface area contributed by atoms with Crippen LogP contribution in [-0.4, -0.2) is 0 Å². The molecule has 0 aromatic rings. The minimum Gasteiger partial charge on any atom is -0.147 e. The van der Waals surface area contributed by atoms with E-state index in [2.05, 4.69) is 0 Å². The summed E-state index contributed by atoms with van der Waals surface area (Å²) in [5.41, 5.74) is 0. The Balaban J connectivity index is 0. The second kappa shape index (κ2) is 9.98. The zero-order valence-electron chi connectivity index (χ0n) is 6.47. The molecule has 0 radical (unpaired) electrons. The van der Waals surface area contributed by atoms with Crippen molar-refractivity contribution in [3.05, 3.63) is 0 Å². The molecule has 0 heterocycles. The molecule has 0 nitrogen and oxygen atoms in total. The van der Waals surface area contributed by atoms with Gasteiger partial charge < -0.3 is 0 Å². The van der Waals surface area contributed by atoms with E-state index in [9.17, 15) is 0 Å². The van der Waals surface area contributed by atoms with Crippen LogP contribution in [0.1, 0.15) is 51.4 Å². The molecule has 0 aromatic heterocycles. The van der Waals surface area contributed by atoms with Crippen LogP contribution in [0.2, 0.25) is 0 Å². The van der Waals surface area contributed by atoms with Crippen molar-refractivity contribution in [1.82, 2.24) is 0 Å². The van der Waals surface area contributed by atoms with Gasteiger partial charge >= 0.3 is 0 Å². The maximum atomic E-state index is 1.50. The molecule has 1 saturated carbocycles. The molecule has 0 atom stereocenters. The fourth-order valence-corrected chi connectivity index (χ4v) is 1.41. The van der Waals surface area contributed by atoms with Crippen molar-refractivity contribution in [1.29, 1.82) is 0 Å². The van der Waals surface area contributed by atoms with E-state index in [-0.39, 0.29) is 33.5 Å². The van der Waals surface area contributed by atoms with E-state index in [0.29, 0.717) is 0 Å². The van der Waals surface area contributed by atoms with Gasteiger partial charge in [0, 0.05) is 21.1 Å². The molecular weight excluding hydrogens is 227 g/mol. The average Bonchev–Trinajstić information content (AvgIpc) is 1.62. The molecule has 1 fully saturated rings. The van der Waals surface area contributed by atoms with Crippen LogP contribution in [0.5, 0.6) is 0 Å². The molecule has 1 aliphatic carbocycles. The van der Waals surface area contributed by atoms with Crippen molar-refractivity contribution in [3.63, 3.8) is 0 Å². The quantitative estimate of drug-likeness (QED) is 0.572. The van der Waals surface area contributed by atoms with E-state index < -0.39 is 0 Å². The second-order valence-corrected chi connectivity index (χ2v) is 2.83. The molecule has 0 aromatic carbocycles. The Kier molecular flexibility index (Phi) is 13.5. The zero-order chi connectivity index (χ0) is 5.66. The van der Waals surface area contributed by atoms with E-state index in [1.165, 1.54) is 51.4 Å². The first kappa shape index (κ1) is 13.6. The van der Waals surface area contributed by atoms with Crippen molar-refractivity contribution in [2.24, 2.45) is 0 Å². The number of halogens is 1. The average molecular weight is 245 g/mol. The summed E-state index contributed by atoms with van der Waals surface area (Å²) in [7, 11) is 0. The summed E-state index contributed by atoms with van der Waals surface area (Å²) in [6.45, 7) is 0. The number of hydrogen-bond donors (Lipinski definition) is 0. The third-order valence-corrected chi connectivity index (χ3v) is 2.00. The summed E-state index contributed by atoms with van der Waals surface area (Å²) in [4.78, 5) is 0. The van der Waals surface area contributed by atoms with E-state index in [1.54, 1.807) is 0 Å². The normalized spacial score (nSPS) is 19.2. The first-order valence-corrected chi connectivity index (χ1v) is 4.00. The van der Waals surface area contributed by atoms with Crippen LogP contribution in [0.3, 0.4) is 0 Å². The van der Waals surface area contributed by atoms with Gasteiger partial charge in [-0.15, -0.1) is 12.4 Å². The summed E-state index contributed by atoms with van der Waals surface area (Å²) in [5.74, 6) is 0. The summed E-state index contributed by atoms with van der Waals surface area (Å²) >= 11 is 0. The Morgan fingerprint density at radius 3 is 0.600 bits per heavy atom. The topological polar surface area (TPSA) is 0 Å². The molecule has 10 heavy (non-hydrogen) atoms. The molecule has 0 bridgehead atoms. The fraction of sp³-hybridized carbons (Fsp3) is 1.00. The number of hydrogen-bond acceptors (Lipinski definition) is 0. The van der Waals surface area contributed by atoms with Gasteiger partial charge in [-0.2, -0.15) is 0 Å². The predicted molar refractivity (Wildman–Crippen MR) is 44.2 cm³/mol. The SMILES string of the molecule is C1CCCCCCC1.Cl.[Mo]. The van der Waals surface area contributed by atoms with Gasteiger partial charge in [0.1, 0.15) is 0 Å². The molecule has 1 aliphatic rings. The van der Waals surface area contributed by atoms with Crippen molar-refractivity contribution in [2.45, 2.75) is 51.4 Å². The first-order valence-electron chi connectivity index (χ1n) is 4.00. The Labute approximate surface area is 84.8 Å². The van der Waals surface area contributed by atoms with E-state index >= 15 is 0 Å². The van der Waals surface area contributed by atoms with Crippen molar-refractivity contribution >= 4 is 12.4 Å². The van der Waals surface area contributed by atoms with E-state index in [1.807, 2.05) is 0 Å². The van der Waals surface area contributed by atoms with Crippen molar-refractivity contribution in [2.75, 3.05) is 0 Å². The molecule has 2 heteroatoms. The van der Waals surface area contributed by atoms with Gasteiger partial charge in [-0.25, -0.2) is 0 Å². The zero-order valence-corrected chi connectivity index (χ0v) is 9.30. The largest absolute Gasteiger partial charge is 0.147 e. The van der Waals surface area contributed by atoms with Gasteiger partial charge in [-0.3, -0.25) is 0 Å². The summed E-state index contributed by atoms with van der Waals surface area (Å²) in [5, 5.41) is 0. The van der Waals surface area contributed by atoms with Crippen LogP contribution in [0.15, 0.2) is 0 Å². The molecule has 62 valence electrons. The molecule has 1 rings (SSSR count). The minimum atomic E-state index is 0. The van der Waals surface area contributed by atoms with Gasteiger partial charge in [0.2, 0.25) is 0 Å². The van der Waals surface area contributed by atoms with Crippen molar-refractivity contribution < 1.29 is 21.1 Å². The standard InChI is InChI=1S/C8H16.ClH.Mo/c1-2-4-6-8-7-5-3-1;;/h1-8H2;1H;. The molecule has 0 spiro atoms. The van der Waals surface area contributed by atoms with Gasteiger partial charge in [0.25, 0.3) is 0 Å². The van der Waals surface area contributed by atoms with Crippen LogP contribution in [-0.2, 0) is 21.1 Å². The molecule has 0 unspecified atom stereocenters. The predicted octanol–water partition coefficient (Wildman–Crippen LogP) is 3.54. The monoisotopic (exact) mass is 246 g/mol. The maximum absolute atomic E-state index is 1.50. The van der Waals surface area contributed by atoms with Gasteiger partial charge in [-0.05, 0) is 0 Å². The smallest absolute Gasteiger partial charge is 0 e. The molecule has 0 aliphatic heterocycles. The number of rotatable bonds is 0. The Morgan fingerprint density at radius 2 is 0.500 bits per heavy atom. The Hall–Kier alpha value is 0.978. The van der Waals surface area contributed by atoms with Crippen LogP contribution >= 0.6 is 12.4 Å². The third kappa shape index (κ3) is 7.09. The summed E-state index contributed by atoms with van der Waals surface area (Å²) in [6, 6.07) is 0. The summed E-state index contributed by atoms with van der Waals surface area (Å²) in [6.07, 6.45) is 12.0. The molecule has 0 N–H and O–H groups in total. The summed E-state index contributed by atoms with van der Waals surface area (Å²) < 4.78 is 0. The van der Waals surface area contributed by atoms with Gasteiger partial charge in [0.15, 0.2) is 0 Å². The van der Waals surface area contributed by atoms with E-state index in [4.69, 9.17) is 0 Å². The van der Waals surface area contributed by atoms with E-state index in [0.717, 1.165) is 0 Å². The fourth-order valence-electron chi connectivity index (χ4n) is 1.41. The minimum absolute atomic E-state index is 0. The third-order valence-electron chi connectivity index (χ3n) is 2.00. The molecule has 0 amide bonds. The molecular formula is C8H17ClMo. The maximum Gasteiger partial charge on any atom is 0 e.